The van der Waals surface area contributed by atoms with Gasteiger partial charge in [-0.1, -0.05) is 23.1 Å². The summed E-state index contributed by atoms with van der Waals surface area (Å²) in [5.41, 5.74) is 1.01. The Bertz CT molecular complexity index is 743. The molecule has 0 spiro atoms. The second kappa shape index (κ2) is 8.11. The van der Waals surface area contributed by atoms with Crippen LogP contribution in [0.5, 0.6) is 0 Å². The Labute approximate surface area is 142 Å². The van der Waals surface area contributed by atoms with E-state index in [2.05, 4.69) is 20.8 Å². The van der Waals surface area contributed by atoms with E-state index in [1.165, 1.54) is 28.6 Å². The number of carbonyl (C=O) groups is 2. The van der Waals surface area contributed by atoms with E-state index in [-0.39, 0.29) is 0 Å². The molecule has 0 aliphatic heterocycles. The number of benzene rings is 1. The summed E-state index contributed by atoms with van der Waals surface area (Å²) in [5, 5.41) is 11.3. The molecule has 1 heterocycles. The molecule has 0 radical (unpaired) electrons. The number of halogens is 3. The third kappa shape index (κ3) is 4.68. The van der Waals surface area contributed by atoms with Gasteiger partial charge in [0, 0.05) is 0 Å². The van der Waals surface area contributed by atoms with Crippen LogP contribution in [0.15, 0.2) is 22.0 Å². The maximum absolute atomic E-state index is 13.4. The smallest absolute Gasteiger partial charge is 0.243 e. The second-order valence-corrected chi connectivity index (χ2v) is 6.87. The first-order valence-electron chi connectivity index (χ1n) is 6.52. The van der Waals surface area contributed by atoms with Crippen LogP contribution in [0.3, 0.4) is 0 Å². The Kier molecular flexibility index (Phi) is 6.15. The Hall–Kier alpha value is -2.14. The number of thioether (sulfide) groups is 1. The minimum Gasteiger partial charge on any atom is -0.346 e. The van der Waals surface area contributed by atoms with E-state index in [0.29, 0.717) is 10.4 Å². The number of hydrogen-bond donors (Lipinski definition) is 2. The molecule has 2 N–H and O–H groups in total. The van der Waals surface area contributed by atoms with Gasteiger partial charge in [-0.3, -0.25) is 9.59 Å². The molecule has 2 aromatic rings. The summed E-state index contributed by atoms with van der Waals surface area (Å²) in [6, 6.07) is 1.58. The minimum atomic E-state index is -1.68. The molecule has 1 atom stereocenters. The van der Waals surface area contributed by atoms with Gasteiger partial charge < -0.3 is 10.6 Å². The van der Waals surface area contributed by atoms with Crippen LogP contribution in [-0.2, 0) is 9.59 Å². The lowest BCUT2D eigenvalue weighted by Gasteiger charge is -2.11. The summed E-state index contributed by atoms with van der Waals surface area (Å²) < 4.78 is 39.9. The Balaban J connectivity index is 1.84. The largest absolute Gasteiger partial charge is 0.346 e. The van der Waals surface area contributed by atoms with Gasteiger partial charge in [0.1, 0.15) is 5.51 Å². The molecule has 6 nitrogen and oxygen atoms in total. The van der Waals surface area contributed by atoms with Crippen LogP contribution >= 0.6 is 23.1 Å². The number of rotatable bonds is 6. The lowest BCUT2D eigenvalue weighted by Crippen LogP contribution is -2.37. The van der Waals surface area contributed by atoms with Gasteiger partial charge in [-0.15, -0.1) is 10.2 Å². The number of aromatic nitrogens is 2. The van der Waals surface area contributed by atoms with Crippen molar-refractivity contribution < 1.29 is 22.8 Å². The highest BCUT2D eigenvalue weighted by Gasteiger charge is 2.18. The standard InChI is InChI=1S/C13H11F3N4O2S2/c1-6(24-13-20-18-5-23-13)12(22)17-4-9(21)19-8-3-2-7(14)10(15)11(8)16/h2-3,5-6H,4H2,1H3,(H,17,22)(H,19,21)/t6-/m1/s1. The van der Waals surface area contributed by atoms with Crippen LogP contribution in [0.1, 0.15) is 6.92 Å². The topological polar surface area (TPSA) is 84.0 Å². The lowest BCUT2D eigenvalue weighted by atomic mass is 10.2. The SMILES string of the molecule is C[C@@H](Sc1nncs1)C(=O)NCC(=O)Nc1ccc(F)c(F)c1F. The second-order valence-electron chi connectivity index (χ2n) is 4.45. The third-order valence-corrected chi connectivity index (χ3v) is 4.63. The zero-order chi connectivity index (χ0) is 17.7. The van der Waals surface area contributed by atoms with Crippen molar-refractivity contribution in [1.29, 1.82) is 0 Å². The number of anilines is 1. The van der Waals surface area contributed by atoms with Crippen LogP contribution in [0.25, 0.3) is 0 Å². The quantitative estimate of drug-likeness (QED) is 0.596. The van der Waals surface area contributed by atoms with E-state index in [0.717, 1.165) is 6.07 Å². The van der Waals surface area contributed by atoms with Gasteiger partial charge in [-0.2, -0.15) is 0 Å². The van der Waals surface area contributed by atoms with Crippen LogP contribution in [0.4, 0.5) is 18.9 Å². The molecular weight excluding hydrogens is 365 g/mol. The van der Waals surface area contributed by atoms with Gasteiger partial charge in [0.2, 0.25) is 11.8 Å². The van der Waals surface area contributed by atoms with Crippen LogP contribution in [0.2, 0.25) is 0 Å². The summed E-state index contributed by atoms with van der Waals surface area (Å²) in [4.78, 5) is 23.5. The average molecular weight is 376 g/mol. The van der Waals surface area contributed by atoms with Crippen molar-refractivity contribution in [1.82, 2.24) is 15.5 Å². The van der Waals surface area contributed by atoms with Crippen molar-refractivity contribution in [2.45, 2.75) is 16.5 Å². The number of amides is 2. The molecule has 0 unspecified atom stereocenters. The first-order valence-corrected chi connectivity index (χ1v) is 8.28. The Morgan fingerprint density at radius 1 is 1.29 bits per heavy atom. The Morgan fingerprint density at radius 2 is 2.04 bits per heavy atom. The fourth-order valence-corrected chi connectivity index (χ4v) is 3.20. The highest BCUT2D eigenvalue weighted by atomic mass is 32.2. The first kappa shape index (κ1) is 18.2. The van der Waals surface area contributed by atoms with Gasteiger partial charge in [0.05, 0.1) is 17.5 Å². The maximum Gasteiger partial charge on any atom is 0.243 e. The van der Waals surface area contributed by atoms with Gasteiger partial charge in [0.15, 0.2) is 21.8 Å². The van der Waals surface area contributed by atoms with Crippen molar-refractivity contribution in [3.8, 4) is 0 Å². The summed E-state index contributed by atoms with van der Waals surface area (Å²) in [5.74, 6) is -5.76. The fourth-order valence-electron chi connectivity index (χ4n) is 1.55. The maximum atomic E-state index is 13.4. The van der Waals surface area contributed by atoms with Crippen molar-refractivity contribution >= 4 is 40.6 Å². The van der Waals surface area contributed by atoms with Gasteiger partial charge in [0.25, 0.3) is 0 Å². The minimum absolute atomic E-state index is 0.434. The number of nitrogens with one attached hydrogen (secondary N) is 2. The molecule has 24 heavy (non-hydrogen) atoms. The molecule has 128 valence electrons. The molecule has 0 saturated heterocycles. The van der Waals surface area contributed by atoms with Crippen LogP contribution in [0, 0.1) is 17.5 Å². The summed E-state index contributed by atoms with van der Waals surface area (Å²) in [6.45, 7) is 1.17. The normalized spacial score (nSPS) is 11.8. The van der Waals surface area contributed by atoms with E-state index in [9.17, 15) is 22.8 Å². The predicted molar refractivity (Wildman–Crippen MR) is 83.2 cm³/mol. The zero-order valence-corrected chi connectivity index (χ0v) is 13.8. The molecule has 0 saturated carbocycles. The molecule has 1 aromatic heterocycles. The molecule has 2 amide bonds. The van der Waals surface area contributed by atoms with Crippen LogP contribution < -0.4 is 10.6 Å². The molecule has 2 rings (SSSR count). The van der Waals surface area contributed by atoms with E-state index >= 15 is 0 Å². The van der Waals surface area contributed by atoms with E-state index in [1.807, 2.05) is 0 Å². The lowest BCUT2D eigenvalue weighted by molar-refractivity contribution is -0.123. The van der Waals surface area contributed by atoms with Crippen molar-refractivity contribution in [3.63, 3.8) is 0 Å². The molecule has 1 aromatic carbocycles. The monoisotopic (exact) mass is 376 g/mol. The van der Waals surface area contributed by atoms with E-state index < -0.39 is 46.7 Å². The molecule has 0 fully saturated rings. The van der Waals surface area contributed by atoms with Crippen molar-refractivity contribution in [2.24, 2.45) is 0 Å². The fraction of sp³-hybridized carbons (Fsp3) is 0.231. The van der Waals surface area contributed by atoms with Crippen LogP contribution in [-0.4, -0.2) is 33.8 Å². The predicted octanol–water partition coefficient (Wildman–Crippen LogP) is 2.19. The van der Waals surface area contributed by atoms with E-state index in [1.54, 1.807) is 6.92 Å². The summed E-state index contributed by atoms with van der Waals surface area (Å²) in [7, 11) is 0. The first-order chi connectivity index (χ1) is 11.4. The highest BCUT2D eigenvalue weighted by molar-refractivity contribution is 8.02. The number of nitrogens with zero attached hydrogens (tertiary/aromatic N) is 2. The van der Waals surface area contributed by atoms with Gasteiger partial charge >= 0.3 is 0 Å². The Morgan fingerprint density at radius 3 is 2.71 bits per heavy atom. The molecule has 0 aliphatic rings. The molecule has 11 heteroatoms. The molecular formula is C13H11F3N4O2S2. The van der Waals surface area contributed by atoms with Gasteiger partial charge in [-0.05, 0) is 19.1 Å². The van der Waals surface area contributed by atoms with Gasteiger partial charge in [-0.25, -0.2) is 13.2 Å². The molecule has 0 aliphatic carbocycles. The zero-order valence-electron chi connectivity index (χ0n) is 12.2. The number of hydrogen-bond acceptors (Lipinski definition) is 6. The van der Waals surface area contributed by atoms with E-state index in [4.69, 9.17) is 0 Å². The molecule has 0 bridgehead atoms. The average Bonchev–Trinajstić information content (AvgIpc) is 3.06. The van der Waals surface area contributed by atoms with Crippen molar-refractivity contribution in [2.75, 3.05) is 11.9 Å². The summed E-state index contributed by atoms with van der Waals surface area (Å²) in [6.07, 6.45) is 0. The number of carbonyl (C=O) groups excluding carboxylic acids is 2. The highest BCUT2D eigenvalue weighted by Crippen LogP contribution is 2.24. The summed E-state index contributed by atoms with van der Waals surface area (Å²) >= 11 is 2.44. The third-order valence-electron chi connectivity index (χ3n) is 2.72. The van der Waals surface area contributed by atoms with Crippen molar-refractivity contribution in [3.05, 3.63) is 35.1 Å².